The number of aliphatic imine (C=N–C) groups is 1. The molecule has 1 heterocycles. The highest BCUT2D eigenvalue weighted by Crippen LogP contribution is 2.53. The van der Waals surface area contributed by atoms with Crippen LogP contribution in [0.4, 0.5) is 5.69 Å². The van der Waals surface area contributed by atoms with Crippen molar-refractivity contribution in [3.63, 3.8) is 0 Å². The van der Waals surface area contributed by atoms with Crippen molar-refractivity contribution in [3.05, 3.63) is 29.8 Å². The summed E-state index contributed by atoms with van der Waals surface area (Å²) in [5.41, 5.74) is 7.06. The zero-order valence-electron chi connectivity index (χ0n) is 26.1. The molecule has 1 aromatic rings. The molecule has 4 unspecified atom stereocenters. The largest absolute Gasteiger partial charge is 0.373 e. The Morgan fingerprint density at radius 1 is 1.22 bits per heavy atom. The maximum Gasteiger partial charge on any atom is 0.234 e. The van der Waals surface area contributed by atoms with Gasteiger partial charge in [0.1, 0.15) is 0 Å². The van der Waals surface area contributed by atoms with Gasteiger partial charge in [-0.15, -0.1) is 0 Å². The standard InChI is InChI=1S/C33H52N4O3S/c1-23-9-11-26(12-10-23)35-30-37(17-15-33-13-7-8-25(21-33)18-24(2)20-33)28(38)19-27(41-30)29(39)36-31(3,4)22-40-32(5,6)14-16-34/h9-12,24-25,27H,7-8,13-22,34H2,1-6H3,(H,36,39). The molecule has 0 spiro atoms. The fraction of sp³-hybridized carbons (Fsp3) is 0.727. The third kappa shape index (κ3) is 8.80. The number of aryl methyl sites for hydroxylation is 1. The van der Waals surface area contributed by atoms with Crippen LogP contribution in [0.15, 0.2) is 29.3 Å². The summed E-state index contributed by atoms with van der Waals surface area (Å²) in [6.07, 6.45) is 9.73. The van der Waals surface area contributed by atoms with Gasteiger partial charge < -0.3 is 15.8 Å². The Bertz CT molecular complexity index is 1100. The summed E-state index contributed by atoms with van der Waals surface area (Å²) in [5, 5.41) is 3.24. The van der Waals surface area contributed by atoms with E-state index >= 15 is 0 Å². The second-order valence-electron chi connectivity index (χ2n) is 14.3. The lowest BCUT2D eigenvalue weighted by atomic mass is 9.58. The average molecular weight is 585 g/mol. The number of nitrogens with one attached hydrogen (secondary N) is 1. The summed E-state index contributed by atoms with van der Waals surface area (Å²) in [6.45, 7) is 13.9. The van der Waals surface area contributed by atoms with E-state index in [0.29, 0.717) is 30.3 Å². The highest BCUT2D eigenvalue weighted by Gasteiger charge is 2.43. The number of benzene rings is 1. The molecule has 4 rings (SSSR count). The van der Waals surface area contributed by atoms with Crippen molar-refractivity contribution in [2.75, 3.05) is 19.7 Å². The number of carbonyl (C=O) groups is 2. The summed E-state index contributed by atoms with van der Waals surface area (Å²) in [5.74, 6) is 1.42. The van der Waals surface area contributed by atoms with Gasteiger partial charge in [-0.05, 0) is 109 Å². The van der Waals surface area contributed by atoms with Crippen molar-refractivity contribution >= 4 is 34.4 Å². The van der Waals surface area contributed by atoms with E-state index < -0.39 is 10.8 Å². The van der Waals surface area contributed by atoms with E-state index in [-0.39, 0.29) is 23.8 Å². The topological polar surface area (TPSA) is 97.0 Å². The predicted octanol–water partition coefficient (Wildman–Crippen LogP) is 6.35. The van der Waals surface area contributed by atoms with E-state index in [1.165, 1.54) is 50.3 Å². The zero-order valence-corrected chi connectivity index (χ0v) is 26.9. The first kappa shape index (κ1) is 32.0. The molecular formula is C33H52N4O3S. The van der Waals surface area contributed by atoms with Gasteiger partial charge in [0.25, 0.3) is 0 Å². The predicted molar refractivity (Wildman–Crippen MR) is 169 cm³/mol. The van der Waals surface area contributed by atoms with Crippen molar-refractivity contribution in [1.29, 1.82) is 0 Å². The van der Waals surface area contributed by atoms with Crippen LogP contribution in [-0.2, 0) is 14.3 Å². The second-order valence-corrected chi connectivity index (χ2v) is 15.5. The maximum absolute atomic E-state index is 13.7. The quantitative estimate of drug-likeness (QED) is 0.316. The van der Waals surface area contributed by atoms with Crippen LogP contribution in [0, 0.1) is 24.2 Å². The minimum absolute atomic E-state index is 0.0134. The first-order valence-electron chi connectivity index (χ1n) is 15.6. The van der Waals surface area contributed by atoms with Crippen molar-refractivity contribution in [3.8, 4) is 0 Å². The molecule has 1 saturated heterocycles. The van der Waals surface area contributed by atoms with Crippen molar-refractivity contribution in [1.82, 2.24) is 10.2 Å². The number of ether oxygens (including phenoxy) is 1. The molecule has 3 aliphatic rings. The number of hydrogen-bond acceptors (Lipinski definition) is 6. The Morgan fingerprint density at radius 2 is 1.95 bits per heavy atom. The zero-order chi connectivity index (χ0) is 29.8. The van der Waals surface area contributed by atoms with Crippen LogP contribution in [0.2, 0.25) is 0 Å². The van der Waals surface area contributed by atoms with Crippen molar-refractivity contribution < 1.29 is 14.3 Å². The van der Waals surface area contributed by atoms with Gasteiger partial charge in [0, 0.05) is 13.0 Å². The molecule has 4 atom stereocenters. The number of amidine groups is 1. The molecule has 3 fully saturated rings. The first-order chi connectivity index (χ1) is 19.3. The molecule has 2 saturated carbocycles. The number of hydrogen-bond donors (Lipinski definition) is 2. The number of thioether (sulfide) groups is 1. The lowest BCUT2D eigenvalue weighted by molar-refractivity contribution is -0.131. The number of fused-ring (bicyclic) bond motifs is 2. The number of nitrogens with zero attached hydrogens (tertiary/aromatic N) is 2. The third-order valence-electron chi connectivity index (χ3n) is 9.15. The lowest BCUT2D eigenvalue weighted by Gasteiger charge is -2.49. The van der Waals surface area contributed by atoms with Gasteiger partial charge in [-0.2, -0.15) is 0 Å². The summed E-state index contributed by atoms with van der Waals surface area (Å²) < 4.78 is 6.10. The maximum atomic E-state index is 13.7. The minimum atomic E-state index is -0.591. The molecule has 7 nitrogen and oxygen atoms in total. The van der Waals surface area contributed by atoms with E-state index in [9.17, 15) is 9.59 Å². The van der Waals surface area contributed by atoms with Crippen LogP contribution in [0.3, 0.4) is 0 Å². The SMILES string of the molecule is Cc1ccc(N=C2SC(C(=O)NC(C)(C)COC(C)(C)CCN)CC(=O)N2CCC23CCCC(CC(C)C2)C3)cc1. The molecule has 3 N–H and O–H groups in total. The van der Waals surface area contributed by atoms with Crippen LogP contribution in [0.25, 0.3) is 0 Å². The van der Waals surface area contributed by atoms with Crippen LogP contribution < -0.4 is 11.1 Å². The Labute approximate surface area is 251 Å². The average Bonchev–Trinajstić information content (AvgIpc) is 2.88. The summed E-state index contributed by atoms with van der Waals surface area (Å²) >= 11 is 1.42. The van der Waals surface area contributed by atoms with Gasteiger partial charge in [-0.3, -0.25) is 14.5 Å². The van der Waals surface area contributed by atoms with Gasteiger partial charge in [0.2, 0.25) is 11.8 Å². The molecule has 1 aromatic carbocycles. The molecule has 0 radical (unpaired) electrons. The Kier molecular flexibility index (Phi) is 10.3. The van der Waals surface area contributed by atoms with E-state index in [1.54, 1.807) is 0 Å². The van der Waals surface area contributed by atoms with E-state index in [2.05, 4.69) is 12.2 Å². The fourth-order valence-corrected chi connectivity index (χ4v) is 8.20. The van der Waals surface area contributed by atoms with E-state index in [1.807, 2.05) is 63.8 Å². The molecule has 2 bridgehead atoms. The van der Waals surface area contributed by atoms with E-state index in [4.69, 9.17) is 15.5 Å². The monoisotopic (exact) mass is 584 g/mol. The third-order valence-corrected chi connectivity index (χ3v) is 10.3. The van der Waals surface area contributed by atoms with Gasteiger partial charge >= 0.3 is 0 Å². The van der Waals surface area contributed by atoms with Crippen molar-refractivity contribution in [2.45, 2.75) is 116 Å². The Balaban J connectivity index is 1.48. The summed E-state index contributed by atoms with van der Waals surface area (Å²) in [6, 6.07) is 8.02. The fourth-order valence-electron chi connectivity index (χ4n) is 7.08. The molecule has 0 aromatic heterocycles. The van der Waals surface area contributed by atoms with Crippen LogP contribution in [0.1, 0.15) is 98.0 Å². The number of nitrogens with two attached hydrogens (primary N) is 1. The smallest absolute Gasteiger partial charge is 0.234 e. The molecule has 1 aliphatic heterocycles. The summed E-state index contributed by atoms with van der Waals surface area (Å²) in [7, 11) is 0. The molecule has 8 heteroatoms. The molecule has 2 amide bonds. The normalized spacial score (nSPS) is 28.2. The molecule has 41 heavy (non-hydrogen) atoms. The lowest BCUT2D eigenvalue weighted by Crippen LogP contribution is -2.54. The summed E-state index contributed by atoms with van der Waals surface area (Å²) in [4.78, 5) is 34.0. The number of rotatable bonds is 11. The highest BCUT2D eigenvalue weighted by molar-refractivity contribution is 8.15. The molecule has 228 valence electrons. The van der Waals surface area contributed by atoms with Gasteiger partial charge in [-0.25, -0.2) is 4.99 Å². The molecular weight excluding hydrogens is 532 g/mol. The van der Waals surface area contributed by atoms with Crippen LogP contribution >= 0.6 is 11.8 Å². The minimum Gasteiger partial charge on any atom is -0.373 e. The number of amides is 2. The van der Waals surface area contributed by atoms with Gasteiger partial charge in [0.15, 0.2) is 5.17 Å². The van der Waals surface area contributed by atoms with E-state index in [0.717, 1.165) is 35.9 Å². The van der Waals surface area contributed by atoms with Gasteiger partial charge in [0.05, 0.1) is 28.7 Å². The highest BCUT2D eigenvalue weighted by atomic mass is 32.2. The van der Waals surface area contributed by atoms with Crippen LogP contribution in [0.5, 0.6) is 0 Å². The first-order valence-corrected chi connectivity index (χ1v) is 16.5. The Morgan fingerprint density at radius 3 is 2.66 bits per heavy atom. The van der Waals surface area contributed by atoms with Crippen LogP contribution in [-0.4, -0.2) is 58.0 Å². The Hall–Kier alpha value is -1.90. The number of carbonyl (C=O) groups excluding carboxylic acids is 2. The van der Waals surface area contributed by atoms with Gasteiger partial charge in [-0.1, -0.05) is 49.2 Å². The molecule has 2 aliphatic carbocycles. The second kappa shape index (κ2) is 13.2. The van der Waals surface area contributed by atoms with Crippen molar-refractivity contribution in [2.24, 2.45) is 28.0 Å².